The minimum atomic E-state index is -0.0495. The van der Waals surface area contributed by atoms with Crippen molar-refractivity contribution in [3.05, 3.63) is 163 Å². The van der Waals surface area contributed by atoms with Gasteiger partial charge in [0.15, 0.2) is 5.75 Å². The topological polar surface area (TPSA) is 26.6 Å². The maximum atomic E-state index is 7.22. The molecule has 0 amide bonds. The maximum Gasteiger partial charge on any atom is 0.260 e. The number of ether oxygens (including phenoxy) is 2. The molecule has 49 heavy (non-hydrogen) atoms. The Morgan fingerprint density at radius 3 is 1.90 bits per heavy atom. The van der Waals surface area contributed by atoms with Crippen molar-refractivity contribution in [3.8, 4) is 28.7 Å². The SMILES string of the molecule is Cc1ccc(N(c2ccc(C)cc2)c2ccc3c(c2)Oc2c4c(cc5c6ccccc6n(-c6ccccc6)c25)Oc2ccccc2B34)cc1. The van der Waals surface area contributed by atoms with Crippen LogP contribution in [0.15, 0.2) is 152 Å². The maximum absolute atomic E-state index is 7.22. The van der Waals surface area contributed by atoms with Crippen LogP contribution in [0.25, 0.3) is 27.5 Å². The van der Waals surface area contributed by atoms with Crippen molar-refractivity contribution < 1.29 is 9.47 Å². The number of hydrogen-bond donors (Lipinski definition) is 0. The number of aromatic nitrogens is 1. The highest BCUT2D eigenvalue weighted by atomic mass is 16.5. The van der Waals surface area contributed by atoms with Crippen molar-refractivity contribution in [1.82, 2.24) is 4.57 Å². The van der Waals surface area contributed by atoms with Crippen LogP contribution in [0.4, 0.5) is 17.1 Å². The number of anilines is 3. The van der Waals surface area contributed by atoms with E-state index < -0.39 is 0 Å². The fourth-order valence-corrected chi connectivity index (χ4v) is 7.73. The van der Waals surface area contributed by atoms with Gasteiger partial charge in [-0.15, -0.1) is 0 Å². The summed E-state index contributed by atoms with van der Waals surface area (Å²) < 4.78 is 16.3. The molecule has 7 aromatic carbocycles. The lowest BCUT2D eigenvalue weighted by atomic mass is 9.35. The number of aryl methyl sites for hydroxylation is 2. The van der Waals surface area contributed by atoms with Crippen LogP contribution >= 0.6 is 0 Å². The molecule has 232 valence electrons. The van der Waals surface area contributed by atoms with E-state index in [0.29, 0.717) is 0 Å². The molecule has 0 bridgehead atoms. The monoisotopic (exact) mass is 630 g/mol. The van der Waals surface area contributed by atoms with Gasteiger partial charge in [0.1, 0.15) is 17.2 Å². The van der Waals surface area contributed by atoms with E-state index in [0.717, 1.165) is 83.9 Å². The van der Waals surface area contributed by atoms with Crippen LogP contribution in [0.2, 0.25) is 0 Å². The highest BCUT2D eigenvalue weighted by Gasteiger charge is 2.42. The third kappa shape index (κ3) is 4.25. The van der Waals surface area contributed by atoms with E-state index in [-0.39, 0.29) is 6.71 Å². The van der Waals surface area contributed by atoms with Gasteiger partial charge in [-0.1, -0.05) is 96.1 Å². The summed E-state index contributed by atoms with van der Waals surface area (Å²) in [6.45, 7) is 4.20. The summed E-state index contributed by atoms with van der Waals surface area (Å²) in [5.41, 5.74) is 12.3. The van der Waals surface area contributed by atoms with Crippen molar-refractivity contribution >= 4 is 62.0 Å². The van der Waals surface area contributed by atoms with Gasteiger partial charge >= 0.3 is 0 Å². The van der Waals surface area contributed by atoms with E-state index in [9.17, 15) is 0 Å². The van der Waals surface area contributed by atoms with Gasteiger partial charge in [-0.05, 0) is 85.4 Å². The number of rotatable bonds is 4. The third-order valence-corrected chi connectivity index (χ3v) is 10.0. The molecular formula is C44H31BN2O2. The van der Waals surface area contributed by atoms with Crippen molar-refractivity contribution in [3.63, 3.8) is 0 Å². The summed E-state index contributed by atoms with van der Waals surface area (Å²) in [5.74, 6) is 3.42. The molecule has 4 nitrogen and oxygen atoms in total. The third-order valence-electron chi connectivity index (χ3n) is 10.0. The molecule has 0 fully saturated rings. The number of para-hydroxylation sites is 3. The largest absolute Gasteiger partial charge is 0.458 e. The number of hydrogen-bond acceptors (Lipinski definition) is 3. The van der Waals surface area contributed by atoms with Crippen LogP contribution in [0.5, 0.6) is 23.0 Å². The van der Waals surface area contributed by atoms with Gasteiger partial charge in [-0.25, -0.2) is 0 Å². The summed E-state index contributed by atoms with van der Waals surface area (Å²) in [5, 5.41) is 2.26. The molecule has 0 unspecified atom stereocenters. The molecule has 5 heteroatoms. The first-order valence-electron chi connectivity index (χ1n) is 16.8. The lowest BCUT2D eigenvalue weighted by Gasteiger charge is -2.34. The summed E-state index contributed by atoms with van der Waals surface area (Å²) in [6, 6.07) is 53.9. The first-order chi connectivity index (χ1) is 24.1. The minimum absolute atomic E-state index is 0.0495. The summed E-state index contributed by atoms with van der Waals surface area (Å²) in [4.78, 5) is 2.31. The Morgan fingerprint density at radius 1 is 0.510 bits per heavy atom. The fourth-order valence-electron chi connectivity index (χ4n) is 7.73. The second-order valence-electron chi connectivity index (χ2n) is 13.1. The molecule has 2 aliphatic heterocycles. The lowest BCUT2D eigenvalue weighted by molar-refractivity contribution is 0.468. The van der Waals surface area contributed by atoms with Crippen molar-refractivity contribution in [2.45, 2.75) is 13.8 Å². The van der Waals surface area contributed by atoms with E-state index in [4.69, 9.17) is 9.47 Å². The molecule has 0 saturated heterocycles. The predicted molar refractivity (Wildman–Crippen MR) is 203 cm³/mol. The molecule has 8 aromatic rings. The minimum Gasteiger partial charge on any atom is -0.458 e. The Balaban J connectivity index is 1.25. The molecule has 2 aliphatic rings. The molecule has 0 N–H and O–H groups in total. The molecule has 0 spiro atoms. The molecule has 0 radical (unpaired) electrons. The van der Waals surface area contributed by atoms with Gasteiger partial charge < -0.3 is 18.9 Å². The Labute approximate surface area is 285 Å². The average molecular weight is 631 g/mol. The van der Waals surface area contributed by atoms with Crippen LogP contribution in [0, 0.1) is 13.8 Å². The van der Waals surface area contributed by atoms with E-state index in [1.165, 1.54) is 11.1 Å². The summed E-state index contributed by atoms with van der Waals surface area (Å²) in [6.07, 6.45) is 0. The Hall–Kier alpha value is -6.20. The van der Waals surface area contributed by atoms with Gasteiger partial charge in [0, 0.05) is 45.1 Å². The summed E-state index contributed by atoms with van der Waals surface area (Å²) >= 11 is 0. The zero-order valence-electron chi connectivity index (χ0n) is 27.2. The quantitative estimate of drug-likeness (QED) is 0.181. The summed E-state index contributed by atoms with van der Waals surface area (Å²) in [7, 11) is 0. The lowest BCUT2D eigenvalue weighted by Crippen LogP contribution is -2.57. The first-order valence-corrected chi connectivity index (χ1v) is 16.8. The molecule has 1 aromatic heterocycles. The van der Waals surface area contributed by atoms with Gasteiger partial charge in [0.05, 0.1) is 11.0 Å². The average Bonchev–Trinajstić information content (AvgIpc) is 3.48. The van der Waals surface area contributed by atoms with Crippen molar-refractivity contribution in [1.29, 1.82) is 0 Å². The van der Waals surface area contributed by atoms with Crippen LogP contribution < -0.4 is 30.8 Å². The Kier molecular flexibility index (Phi) is 6.06. The van der Waals surface area contributed by atoms with Crippen molar-refractivity contribution in [2.24, 2.45) is 0 Å². The number of nitrogens with zero attached hydrogens (tertiary/aromatic N) is 2. The zero-order valence-corrected chi connectivity index (χ0v) is 27.2. The Bertz CT molecular complexity index is 2530. The molecular weight excluding hydrogens is 599 g/mol. The molecule has 0 saturated carbocycles. The first kappa shape index (κ1) is 27.9. The highest BCUT2D eigenvalue weighted by molar-refractivity contribution is 6.98. The van der Waals surface area contributed by atoms with E-state index >= 15 is 0 Å². The van der Waals surface area contributed by atoms with Gasteiger partial charge in [0.25, 0.3) is 6.71 Å². The normalized spacial score (nSPS) is 12.6. The van der Waals surface area contributed by atoms with Gasteiger partial charge in [0.2, 0.25) is 0 Å². The molecule has 3 heterocycles. The standard InChI is InChI=1S/C44H31BN2O2/c1-28-16-20-31(21-17-28)46(32-22-18-29(2)19-23-32)33-24-25-37-40(26-33)49-44-42-41(48-39-15-9-7-13-36(39)45(37)42)27-35-34-12-6-8-14-38(34)47(43(35)44)30-10-4-3-5-11-30/h3-27H,1-2H3. The Morgan fingerprint density at radius 2 is 1.14 bits per heavy atom. The number of fused-ring (bicyclic) bond motifs is 8. The van der Waals surface area contributed by atoms with E-state index in [2.05, 4.69) is 175 Å². The van der Waals surface area contributed by atoms with Crippen molar-refractivity contribution in [2.75, 3.05) is 4.90 Å². The highest BCUT2D eigenvalue weighted by Crippen LogP contribution is 2.45. The second kappa shape index (κ2) is 10.7. The van der Waals surface area contributed by atoms with Gasteiger partial charge in [-0.3, -0.25) is 0 Å². The van der Waals surface area contributed by atoms with Crippen LogP contribution in [-0.4, -0.2) is 11.3 Å². The zero-order chi connectivity index (χ0) is 32.6. The van der Waals surface area contributed by atoms with Crippen LogP contribution in [0.1, 0.15) is 11.1 Å². The smallest absolute Gasteiger partial charge is 0.260 e. The molecule has 10 rings (SSSR count). The van der Waals surface area contributed by atoms with E-state index in [1.807, 2.05) is 0 Å². The molecule has 0 atom stereocenters. The van der Waals surface area contributed by atoms with Gasteiger partial charge in [-0.2, -0.15) is 0 Å². The second-order valence-corrected chi connectivity index (χ2v) is 13.1. The number of benzene rings is 7. The van der Waals surface area contributed by atoms with Crippen LogP contribution in [-0.2, 0) is 0 Å². The predicted octanol–water partition coefficient (Wildman–Crippen LogP) is 9.60. The van der Waals surface area contributed by atoms with Crippen LogP contribution in [0.3, 0.4) is 0 Å². The fraction of sp³-hybridized carbons (Fsp3) is 0.0455. The molecule has 0 aliphatic carbocycles. The van der Waals surface area contributed by atoms with E-state index in [1.54, 1.807) is 0 Å².